The van der Waals surface area contributed by atoms with Crippen molar-refractivity contribution in [3.05, 3.63) is 89.8 Å². The molecule has 2 aromatic heterocycles. The van der Waals surface area contributed by atoms with Crippen LogP contribution in [0.3, 0.4) is 0 Å². The first-order valence-electron chi connectivity index (χ1n) is 9.78. The summed E-state index contributed by atoms with van der Waals surface area (Å²) in [5, 5.41) is 12.6. The Morgan fingerprint density at radius 2 is 1.34 bits per heavy atom. The zero-order valence-electron chi connectivity index (χ0n) is 17.1. The van der Waals surface area contributed by atoms with Crippen molar-refractivity contribution in [1.82, 2.24) is 15.0 Å². The van der Waals surface area contributed by atoms with Crippen molar-refractivity contribution >= 4 is 52.1 Å². The number of aryl methyl sites for hydroxylation is 1. The maximum atomic E-state index is 12.2. The molecule has 0 spiro atoms. The topological polar surface area (TPSA) is 104 Å². The summed E-state index contributed by atoms with van der Waals surface area (Å²) in [7, 11) is 0. The van der Waals surface area contributed by atoms with Crippen LogP contribution in [0.2, 0.25) is 5.02 Å². The normalized spacial score (nSPS) is 10.3. The lowest BCUT2D eigenvalue weighted by Gasteiger charge is -2.11. The van der Waals surface area contributed by atoms with Crippen LogP contribution in [0.15, 0.2) is 79.0 Å². The number of pyridine rings is 1. The number of hydrogen-bond donors (Lipinski definition) is 4. The molecule has 2 amide bonds. The highest BCUT2D eigenvalue weighted by Crippen LogP contribution is 2.21. The first kappa shape index (κ1) is 21.1. The van der Waals surface area contributed by atoms with E-state index in [2.05, 4.69) is 36.2 Å². The van der Waals surface area contributed by atoms with Crippen LogP contribution in [-0.4, -0.2) is 21.0 Å². The predicted octanol–water partition coefficient (Wildman–Crippen LogP) is 5.96. The van der Waals surface area contributed by atoms with Crippen LogP contribution in [0, 0.1) is 6.92 Å². The second-order valence-corrected chi connectivity index (χ2v) is 7.25. The van der Waals surface area contributed by atoms with Gasteiger partial charge in [0.25, 0.3) is 0 Å². The van der Waals surface area contributed by atoms with Crippen molar-refractivity contribution in [1.29, 1.82) is 0 Å². The number of anilines is 6. The van der Waals surface area contributed by atoms with E-state index in [4.69, 9.17) is 11.6 Å². The highest BCUT2D eigenvalue weighted by atomic mass is 35.5. The van der Waals surface area contributed by atoms with Gasteiger partial charge >= 0.3 is 6.03 Å². The average Bonchev–Trinajstić information content (AvgIpc) is 2.77. The van der Waals surface area contributed by atoms with E-state index in [1.165, 1.54) is 0 Å². The van der Waals surface area contributed by atoms with Gasteiger partial charge in [-0.25, -0.2) is 19.7 Å². The number of hydrogen-bond acceptors (Lipinski definition) is 6. The first-order valence-corrected chi connectivity index (χ1v) is 10.2. The van der Waals surface area contributed by atoms with E-state index < -0.39 is 0 Å². The molecule has 2 aromatic carbocycles. The summed E-state index contributed by atoms with van der Waals surface area (Å²) in [6.45, 7) is 1.82. The van der Waals surface area contributed by atoms with Crippen LogP contribution in [0.4, 0.5) is 39.3 Å². The smallest absolute Gasteiger partial charge is 0.323 e. The second kappa shape index (κ2) is 9.76. The lowest BCUT2D eigenvalue weighted by Crippen LogP contribution is -2.19. The molecule has 0 aliphatic heterocycles. The van der Waals surface area contributed by atoms with E-state index >= 15 is 0 Å². The van der Waals surface area contributed by atoms with Gasteiger partial charge in [0.15, 0.2) is 0 Å². The molecule has 4 rings (SSSR count). The van der Waals surface area contributed by atoms with Gasteiger partial charge in [-0.2, -0.15) is 0 Å². The summed E-state index contributed by atoms with van der Waals surface area (Å²) >= 11 is 5.86. The highest BCUT2D eigenvalue weighted by Gasteiger charge is 2.06. The fourth-order valence-corrected chi connectivity index (χ4v) is 3.00. The molecule has 2 heterocycles. The zero-order valence-corrected chi connectivity index (χ0v) is 17.9. The number of aromatic nitrogens is 3. The van der Waals surface area contributed by atoms with Crippen LogP contribution in [0.25, 0.3) is 0 Å². The molecule has 4 N–H and O–H groups in total. The summed E-state index contributed by atoms with van der Waals surface area (Å²) in [6.07, 6.45) is 1.71. The van der Waals surface area contributed by atoms with Gasteiger partial charge in [0.2, 0.25) is 0 Å². The number of carbonyl (C=O) groups is 1. The van der Waals surface area contributed by atoms with Crippen LogP contribution < -0.4 is 21.3 Å². The van der Waals surface area contributed by atoms with E-state index in [0.29, 0.717) is 39.7 Å². The van der Waals surface area contributed by atoms with Crippen LogP contribution in [0.1, 0.15) is 5.82 Å². The average molecular weight is 446 g/mol. The molecule has 0 saturated heterocycles. The van der Waals surface area contributed by atoms with Crippen molar-refractivity contribution < 1.29 is 4.79 Å². The van der Waals surface area contributed by atoms with Crippen LogP contribution in [0.5, 0.6) is 0 Å². The number of halogens is 1. The summed E-state index contributed by atoms with van der Waals surface area (Å²) < 4.78 is 0. The third-order valence-electron chi connectivity index (χ3n) is 4.28. The summed E-state index contributed by atoms with van der Waals surface area (Å²) in [5.41, 5.74) is 2.12. The molecular weight excluding hydrogens is 426 g/mol. The van der Waals surface area contributed by atoms with Crippen molar-refractivity contribution in [2.45, 2.75) is 6.92 Å². The third-order valence-corrected chi connectivity index (χ3v) is 4.53. The standard InChI is InChI=1S/C23H20ClN7O/c1-15-26-21(14-22(27-15)31-20-4-2-3-13-25-20)28-17-9-11-19(12-10-17)30-23(32)29-18-7-5-16(24)6-8-18/h2-14H,1H3,(H2,29,30,32)(H2,25,26,27,28,31). The fraction of sp³-hybridized carbons (Fsp3) is 0.0435. The molecule has 32 heavy (non-hydrogen) atoms. The lowest BCUT2D eigenvalue weighted by molar-refractivity contribution is 0.262. The number of carbonyl (C=O) groups excluding carboxylic acids is 1. The molecule has 0 aliphatic rings. The van der Waals surface area contributed by atoms with E-state index in [1.54, 1.807) is 48.7 Å². The van der Waals surface area contributed by atoms with Gasteiger partial charge in [-0.15, -0.1) is 0 Å². The maximum absolute atomic E-state index is 12.2. The molecule has 160 valence electrons. The minimum absolute atomic E-state index is 0.343. The van der Waals surface area contributed by atoms with Gasteiger partial charge in [0, 0.05) is 34.3 Å². The van der Waals surface area contributed by atoms with Gasteiger partial charge < -0.3 is 21.3 Å². The molecule has 0 fully saturated rings. The van der Waals surface area contributed by atoms with E-state index in [-0.39, 0.29) is 6.03 Å². The van der Waals surface area contributed by atoms with Crippen molar-refractivity contribution in [3.8, 4) is 0 Å². The fourth-order valence-electron chi connectivity index (χ4n) is 2.88. The SMILES string of the molecule is Cc1nc(Nc2ccc(NC(=O)Nc3ccc(Cl)cc3)cc2)cc(Nc2ccccn2)n1. The van der Waals surface area contributed by atoms with Gasteiger partial charge in [-0.05, 0) is 67.6 Å². The van der Waals surface area contributed by atoms with Crippen molar-refractivity contribution in [3.63, 3.8) is 0 Å². The molecule has 0 unspecified atom stereocenters. The summed E-state index contributed by atoms with van der Waals surface area (Å²) in [6, 6.07) is 21.2. The van der Waals surface area contributed by atoms with Crippen LogP contribution >= 0.6 is 11.6 Å². The Morgan fingerprint density at radius 3 is 1.97 bits per heavy atom. The second-order valence-electron chi connectivity index (χ2n) is 6.81. The van der Waals surface area contributed by atoms with E-state index in [0.717, 1.165) is 5.69 Å². The Morgan fingerprint density at radius 1 is 0.750 bits per heavy atom. The molecule has 0 radical (unpaired) electrons. The van der Waals surface area contributed by atoms with Gasteiger partial charge in [0.1, 0.15) is 23.3 Å². The highest BCUT2D eigenvalue weighted by molar-refractivity contribution is 6.30. The molecule has 0 saturated carbocycles. The molecule has 8 nitrogen and oxygen atoms in total. The number of nitrogens with zero attached hydrogens (tertiary/aromatic N) is 3. The third kappa shape index (κ3) is 5.93. The number of rotatable bonds is 6. The Kier molecular flexibility index (Phi) is 6.43. The summed E-state index contributed by atoms with van der Waals surface area (Å²) in [5.74, 6) is 2.59. The lowest BCUT2D eigenvalue weighted by atomic mass is 10.2. The van der Waals surface area contributed by atoms with Crippen LogP contribution in [-0.2, 0) is 0 Å². The van der Waals surface area contributed by atoms with Gasteiger partial charge in [0.05, 0.1) is 0 Å². The molecule has 0 bridgehead atoms. The summed E-state index contributed by atoms with van der Waals surface area (Å²) in [4.78, 5) is 25.2. The van der Waals surface area contributed by atoms with E-state index in [9.17, 15) is 4.79 Å². The molecule has 4 aromatic rings. The quantitative estimate of drug-likeness (QED) is 0.291. The minimum Gasteiger partial charge on any atom is -0.340 e. The predicted molar refractivity (Wildman–Crippen MR) is 128 cm³/mol. The molecule has 0 aliphatic carbocycles. The van der Waals surface area contributed by atoms with Gasteiger partial charge in [-0.1, -0.05) is 17.7 Å². The Bertz CT molecular complexity index is 1200. The largest absolute Gasteiger partial charge is 0.340 e. The van der Waals surface area contributed by atoms with Crippen molar-refractivity contribution in [2.24, 2.45) is 0 Å². The monoisotopic (exact) mass is 445 g/mol. The molecule has 9 heteroatoms. The Labute approximate surface area is 190 Å². The molecular formula is C23H20ClN7O. The number of benzene rings is 2. The zero-order chi connectivity index (χ0) is 22.3. The maximum Gasteiger partial charge on any atom is 0.323 e. The van der Waals surface area contributed by atoms with E-state index in [1.807, 2.05) is 37.3 Å². The van der Waals surface area contributed by atoms with Crippen molar-refractivity contribution in [2.75, 3.05) is 21.3 Å². The Balaban J connectivity index is 1.38. The van der Waals surface area contributed by atoms with Gasteiger partial charge in [-0.3, -0.25) is 0 Å². The number of nitrogens with one attached hydrogen (secondary N) is 4. The Hall–Kier alpha value is -4.17. The first-order chi connectivity index (χ1) is 15.5. The number of amides is 2. The number of urea groups is 1. The minimum atomic E-state index is -0.343. The molecule has 0 atom stereocenters.